The Hall–Kier alpha value is -2.05. The number of hydrogen-bond acceptors (Lipinski definition) is 4. The van der Waals surface area contributed by atoms with E-state index < -0.39 is 5.60 Å². The molecule has 33 heavy (non-hydrogen) atoms. The molecule has 2 aromatic carbocycles. The van der Waals surface area contributed by atoms with Crippen molar-refractivity contribution in [2.24, 2.45) is 5.41 Å². The molecule has 0 saturated carbocycles. The third kappa shape index (κ3) is 5.72. The molecule has 0 aliphatic carbocycles. The number of nitrogens with zero attached hydrogens (tertiary/aromatic N) is 2. The molecule has 2 heterocycles. The van der Waals surface area contributed by atoms with E-state index in [1.54, 1.807) is 10.9 Å². The molecule has 2 unspecified atom stereocenters. The van der Waals surface area contributed by atoms with E-state index in [0.29, 0.717) is 35.1 Å². The molecule has 0 bridgehead atoms. The van der Waals surface area contributed by atoms with Crippen LogP contribution in [0.4, 0.5) is 0 Å². The Kier molecular flexibility index (Phi) is 7.34. The topological polar surface area (TPSA) is 59.3 Å². The first-order valence-corrected chi connectivity index (χ1v) is 12.2. The fraction of sp³-hybridized carbons (Fsp3) is 0.423. The van der Waals surface area contributed by atoms with Crippen LogP contribution in [-0.2, 0) is 6.42 Å². The van der Waals surface area contributed by atoms with Gasteiger partial charge in [-0.1, -0.05) is 49.2 Å². The number of halogens is 2. The molecular weight excluding hydrogens is 457 g/mol. The predicted molar refractivity (Wildman–Crippen MR) is 134 cm³/mol. The minimum Gasteiger partial charge on any atom is -0.488 e. The Morgan fingerprint density at radius 2 is 1.91 bits per heavy atom. The van der Waals surface area contributed by atoms with Crippen molar-refractivity contribution in [1.82, 2.24) is 15.1 Å². The highest BCUT2D eigenvalue weighted by Crippen LogP contribution is 2.40. The molecule has 1 fully saturated rings. The quantitative estimate of drug-likeness (QED) is 0.427. The Balaban J connectivity index is 1.59. The minimum atomic E-state index is -0.745. The third-order valence-corrected chi connectivity index (χ3v) is 7.25. The summed E-state index contributed by atoms with van der Waals surface area (Å²) in [6.45, 7) is 5.88. The molecule has 176 valence electrons. The van der Waals surface area contributed by atoms with Gasteiger partial charge in [-0.2, -0.15) is 5.10 Å². The van der Waals surface area contributed by atoms with Crippen molar-refractivity contribution < 1.29 is 9.84 Å². The number of ether oxygens (including phenoxy) is 1. The summed E-state index contributed by atoms with van der Waals surface area (Å²) in [6.07, 6.45) is 6.25. The van der Waals surface area contributed by atoms with E-state index in [9.17, 15) is 5.11 Å². The molecule has 2 atom stereocenters. The van der Waals surface area contributed by atoms with E-state index in [4.69, 9.17) is 27.9 Å². The highest BCUT2D eigenvalue weighted by molar-refractivity contribution is 6.31. The maximum atomic E-state index is 11.5. The zero-order valence-electron chi connectivity index (χ0n) is 19.1. The second-order valence-electron chi connectivity index (χ2n) is 9.51. The van der Waals surface area contributed by atoms with E-state index in [1.165, 1.54) is 0 Å². The lowest BCUT2D eigenvalue weighted by molar-refractivity contribution is -0.0985. The summed E-state index contributed by atoms with van der Waals surface area (Å²) in [4.78, 5) is 0. The Labute approximate surface area is 205 Å². The zero-order chi connectivity index (χ0) is 23.5. The van der Waals surface area contributed by atoms with Gasteiger partial charge in [0.05, 0.1) is 5.60 Å². The smallest absolute Gasteiger partial charge is 0.145 e. The number of hydrogen-bond donors (Lipinski definition) is 2. The van der Waals surface area contributed by atoms with Crippen LogP contribution >= 0.6 is 23.2 Å². The fourth-order valence-corrected chi connectivity index (χ4v) is 4.80. The van der Waals surface area contributed by atoms with Crippen LogP contribution in [0.1, 0.15) is 38.7 Å². The number of piperidine rings is 1. The fourth-order valence-electron chi connectivity index (χ4n) is 4.51. The van der Waals surface area contributed by atoms with Crippen molar-refractivity contribution in [3.8, 4) is 11.4 Å². The van der Waals surface area contributed by atoms with Crippen LogP contribution < -0.4 is 10.1 Å². The Morgan fingerprint density at radius 3 is 2.61 bits per heavy atom. The van der Waals surface area contributed by atoms with E-state index in [0.717, 1.165) is 30.8 Å². The Morgan fingerprint density at radius 1 is 1.15 bits per heavy atom. The van der Waals surface area contributed by atoms with E-state index in [1.807, 2.05) is 54.7 Å². The van der Waals surface area contributed by atoms with Gasteiger partial charge in [0.2, 0.25) is 0 Å². The first-order valence-electron chi connectivity index (χ1n) is 11.4. The van der Waals surface area contributed by atoms with Gasteiger partial charge in [-0.05, 0) is 67.8 Å². The number of nitrogens with one attached hydrogen (secondary N) is 1. The van der Waals surface area contributed by atoms with Crippen molar-refractivity contribution in [1.29, 1.82) is 0 Å². The lowest BCUT2D eigenvalue weighted by Crippen LogP contribution is -2.56. The van der Waals surface area contributed by atoms with E-state index in [-0.39, 0.29) is 11.5 Å². The lowest BCUT2D eigenvalue weighted by Gasteiger charge is -2.47. The minimum absolute atomic E-state index is 0.142. The van der Waals surface area contributed by atoms with E-state index in [2.05, 4.69) is 24.3 Å². The van der Waals surface area contributed by atoms with Gasteiger partial charge in [-0.3, -0.25) is 0 Å². The second kappa shape index (κ2) is 10.1. The predicted octanol–water partition coefficient (Wildman–Crippen LogP) is 5.70. The van der Waals surface area contributed by atoms with Crippen molar-refractivity contribution >= 4 is 23.2 Å². The molecule has 7 heteroatoms. The van der Waals surface area contributed by atoms with Gasteiger partial charge >= 0.3 is 0 Å². The number of benzene rings is 2. The molecule has 1 aliphatic rings. The molecule has 3 aromatic rings. The van der Waals surface area contributed by atoms with Gasteiger partial charge in [0.25, 0.3) is 0 Å². The number of aromatic nitrogens is 2. The summed E-state index contributed by atoms with van der Waals surface area (Å²) >= 11 is 12.4. The second-order valence-corrected chi connectivity index (χ2v) is 10.4. The van der Waals surface area contributed by atoms with Crippen LogP contribution in [0.25, 0.3) is 5.69 Å². The number of aliphatic hydroxyl groups is 1. The van der Waals surface area contributed by atoms with Crippen molar-refractivity contribution in [2.75, 3.05) is 13.1 Å². The summed E-state index contributed by atoms with van der Waals surface area (Å²) in [5.41, 5.74) is 0.964. The molecule has 0 radical (unpaired) electrons. The normalized spacial score (nSPS) is 21.0. The average Bonchev–Trinajstić information content (AvgIpc) is 3.32. The molecule has 1 aromatic heterocycles. The average molecular weight is 488 g/mol. The van der Waals surface area contributed by atoms with Crippen LogP contribution in [0.5, 0.6) is 5.75 Å². The number of rotatable bonds is 8. The van der Waals surface area contributed by atoms with Crippen LogP contribution in [0.15, 0.2) is 60.9 Å². The first-order chi connectivity index (χ1) is 15.8. The molecule has 1 saturated heterocycles. The summed E-state index contributed by atoms with van der Waals surface area (Å²) in [5, 5.41) is 20.6. The molecular formula is C26H31Cl2N3O2. The van der Waals surface area contributed by atoms with Crippen molar-refractivity contribution in [2.45, 2.75) is 51.2 Å². The SMILES string of the molecule is CC1(C)CNCCC1(O)CCC(Cc1ccc(Cl)cc1)Oc1ccc(Cl)cc1-n1cccn1. The van der Waals surface area contributed by atoms with Crippen LogP contribution in [0.2, 0.25) is 10.0 Å². The summed E-state index contributed by atoms with van der Waals surface area (Å²) < 4.78 is 8.34. The van der Waals surface area contributed by atoms with Gasteiger partial charge in [-0.15, -0.1) is 0 Å². The van der Waals surface area contributed by atoms with Gasteiger partial charge in [-0.25, -0.2) is 4.68 Å². The molecule has 2 N–H and O–H groups in total. The summed E-state index contributed by atoms with van der Waals surface area (Å²) in [5.74, 6) is 0.707. The first kappa shape index (κ1) is 24.1. The molecule has 4 rings (SSSR count). The maximum Gasteiger partial charge on any atom is 0.145 e. The van der Waals surface area contributed by atoms with Crippen molar-refractivity contribution in [3.05, 3.63) is 76.5 Å². The molecule has 0 amide bonds. The largest absolute Gasteiger partial charge is 0.488 e. The van der Waals surface area contributed by atoms with E-state index >= 15 is 0 Å². The van der Waals surface area contributed by atoms with Crippen molar-refractivity contribution in [3.63, 3.8) is 0 Å². The van der Waals surface area contributed by atoms with Gasteiger partial charge < -0.3 is 15.2 Å². The standard InChI is InChI=1S/C26H31Cl2N3O2/c1-25(2)18-29-14-12-26(25,32)11-10-22(16-19-4-6-20(27)7-5-19)33-24-9-8-21(28)17-23(24)31-15-3-13-30-31/h3-9,13,15,17,22,29,32H,10-12,14,16,18H2,1-2H3. The van der Waals surface area contributed by atoms with Gasteiger partial charge in [0.1, 0.15) is 17.5 Å². The lowest BCUT2D eigenvalue weighted by atomic mass is 9.68. The highest BCUT2D eigenvalue weighted by Gasteiger charge is 2.45. The highest BCUT2D eigenvalue weighted by atomic mass is 35.5. The maximum absolute atomic E-state index is 11.5. The van der Waals surface area contributed by atoms with Crippen LogP contribution in [-0.4, -0.2) is 39.7 Å². The Bertz CT molecular complexity index is 1050. The summed E-state index contributed by atoms with van der Waals surface area (Å²) in [6, 6.07) is 15.3. The van der Waals surface area contributed by atoms with Gasteiger partial charge in [0.15, 0.2) is 0 Å². The molecule has 1 aliphatic heterocycles. The summed E-state index contributed by atoms with van der Waals surface area (Å²) in [7, 11) is 0. The van der Waals surface area contributed by atoms with Gasteiger partial charge in [0, 0.05) is 40.8 Å². The third-order valence-electron chi connectivity index (χ3n) is 6.76. The zero-order valence-corrected chi connectivity index (χ0v) is 20.6. The molecule has 5 nitrogen and oxygen atoms in total. The van der Waals surface area contributed by atoms with Crippen LogP contribution in [0.3, 0.4) is 0 Å². The van der Waals surface area contributed by atoms with Crippen LogP contribution in [0, 0.1) is 5.41 Å². The molecule has 0 spiro atoms. The monoisotopic (exact) mass is 487 g/mol.